The van der Waals surface area contributed by atoms with Crippen molar-refractivity contribution < 1.29 is 23.6 Å². The molecule has 1 unspecified atom stereocenters. The molecule has 2 fully saturated rings. The Kier molecular flexibility index (Phi) is 6.36. The van der Waals surface area contributed by atoms with Crippen LogP contribution in [0.4, 0.5) is 4.39 Å². The molecule has 1 aromatic rings. The predicted molar refractivity (Wildman–Crippen MR) is 109 cm³/mol. The van der Waals surface area contributed by atoms with Crippen LogP contribution in [0.15, 0.2) is 18.2 Å². The van der Waals surface area contributed by atoms with E-state index in [1.807, 2.05) is 20.8 Å². The molecule has 4 amide bonds. The first-order valence-corrected chi connectivity index (χ1v) is 10.6. The Balaban J connectivity index is 0.00000124. The SMILES string of the molecule is CC.CCN1CCC(F)(c2ccc3c(c2)C(=O)N(C2CCC(=O)NC2=O)C3=O)CC1. The second kappa shape index (κ2) is 8.63. The number of benzene rings is 1. The molecule has 3 aliphatic rings. The molecule has 162 valence electrons. The van der Waals surface area contributed by atoms with Gasteiger partial charge in [0.05, 0.1) is 11.1 Å². The minimum absolute atomic E-state index is 0.0661. The minimum Gasteiger partial charge on any atom is -0.303 e. The lowest BCUT2D eigenvalue weighted by Gasteiger charge is -2.36. The highest BCUT2D eigenvalue weighted by Crippen LogP contribution is 2.39. The van der Waals surface area contributed by atoms with Crippen LogP contribution in [0.1, 0.15) is 72.7 Å². The number of piperidine rings is 2. The first-order valence-electron chi connectivity index (χ1n) is 10.6. The van der Waals surface area contributed by atoms with Gasteiger partial charge < -0.3 is 4.90 Å². The molecule has 0 bridgehead atoms. The maximum Gasteiger partial charge on any atom is 0.262 e. The van der Waals surface area contributed by atoms with E-state index in [9.17, 15) is 19.2 Å². The van der Waals surface area contributed by atoms with Crippen LogP contribution in [0.3, 0.4) is 0 Å². The van der Waals surface area contributed by atoms with Gasteiger partial charge in [0.25, 0.3) is 11.8 Å². The summed E-state index contributed by atoms with van der Waals surface area (Å²) in [6.45, 7) is 8.18. The van der Waals surface area contributed by atoms with Crippen molar-refractivity contribution >= 4 is 23.6 Å². The Bertz CT molecular complexity index is 877. The van der Waals surface area contributed by atoms with Crippen molar-refractivity contribution in [1.29, 1.82) is 0 Å². The number of likely N-dealkylation sites (tertiary alicyclic amines) is 1. The molecule has 30 heavy (non-hydrogen) atoms. The molecule has 8 heteroatoms. The zero-order chi connectivity index (χ0) is 22.1. The summed E-state index contributed by atoms with van der Waals surface area (Å²) in [7, 11) is 0. The average molecular weight is 417 g/mol. The fourth-order valence-electron chi connectivity index (χ4n) is 4.26. The van der Waals surface area contributed by atoms with Gasteiger partial charge in [-0.1, -0.05) is 26.8 Å². The lowest BCUT2D eigenvalue weighted by Crippen LogP contribution is -2.54. The number of nitrogens with zero attached hydrogens (tertiary/aromatic N) is 2. The van der Waals surface area contributed by atoms with Crippen LogP contribution in [-0.4, -0.2) is 59.1 Å². The fourth-order valence-corrected chi connectivity index (χ4v) is 4.26. The van der Waals surface area contributed by atoms with Gasteiger partial charge in [0, 0.05) is 19.5 Å². The average Bonchev–Trinajstić information content (AvgIpc) is 3.00. The van der Waals surface area contributed by atoms with E-state index in [2.05, 4.69) is 10.2 Å². The Labute approximate surface area is 175 Å². The van der Waals surface area contributed by atoms with Crippen molar-refractivity contribution in [2.75, 3.05) is 19.6 Å². The molecule has 0 saturated carbocycles. The number of alkyl halides is 1. The maximum atomic E-state index is 15.5. The third-order valence-electron chi connectivity index (χ3n) is 6.05. The quantitative estimate of drug-likeness (QED) is 0.763. The first kappa shape index (κ1) is 22.1. The van der Waals surface area contributed by atoms with E-state index < -0.39 is 35.3 Å². The Morgan fingerprint density at radius 2 is 1.70 bits per heavy atom. The molecule has 1 aromatic carbocycles. The highest BCUT2D eigenvalue weighted by molar-refractivity contribution is 6.23. The van der Waals surface area contributed by atoms with E-state index in [1.54, 1.807) is 6.07 Å². The van der Waals surface area contributed by atoms with Crippen LogP contribution in [0.25, 0.3) is 0 Å². The van der Waals surface area contributed by atoms with Crippen LogP contribution in [0.5, 0.6) is 0 Å². The van der Waals surface area contributed by atoms with E-state index in [-0.39, 0.29) is 24.0 Å². The second-order valence-electron chi connectivity index (χ2n) is 7.61. The number of amides is 4. The van der Waals surface area contributed by atoms with E-state index in [0.717, 1.165) is 11.4 Å². The van der Waals surface area contributed by atoms with Crippen molar-refractivity contribution in [3.8, 4) is 0 Å². The molecule has 0 aromatic heterocycles. The fraction of sp³-hybridized carbons (Fsp3) is 0.545. The number of hydrogen-bond donors (Lipinski definition) is 1. The molecular weight excluding hydrogens is 389 g/mol. The topological polar surface area (TPSA) is 86.8 Å². The van der Waals surface area contributed by atoms with E-state index in [0.29, 0.717) is 31.5 Å². The highest BCUT2D eigenvalue weighted by atomic mass is 19.1. The van der Waals surface area contributed by atoms with Crippen LogP contribution >= 0.6 is 0 Å². The van der Waals surface area contributed by atoms with Gasteiger partial charge in [0.15, 0.2) is 0 Å². The Morgan fingerprint density at radius 1 is 1.07 bits per heavy atom. The zero-order valence-corrected chi connectivity index (χ0v) is 17.7. The second-order valence-corrected chi connectivity index (χ2v) is 7.61. The summed E-state index contributed by atoms with van der Waals surface area (Å²) in [5, 5.41) is 2.16. The smallest absolute Gasteiger partial charge is 0.262 e. The molecule has 2 saturated heterocycles. The normalized spacial score (nSPS) is 23.6. The number of nitrogens with one attached hydrogen (secondary N) is 1. The van der Waals surface area contributed by atoms with E-state index in [4.69, 9.17) is 0 Å². The number of carbonyl (C=O) groups excluding carboxylic acids is 4. The molecule has 1 N–H and O–H groups in total. The molecule has 0 radical (unpaired) electrons. The van der Waals surface area contributed by atoms with Crippen LogP contribution in [0.2, 0.25) is 0 Å². The zero-order valence-electron chi connectivity index (χ0n) is 17.7. The van der Waals surface area contributed by atoms with Gasteiger partial charge in [0.1, 0.15) is 11.7 Å². The third-order valence-corrected chi connectivity index (χ3v) is 6.05. The molecule has 3 heterocycles. The van der Waals surface area contributed by atoms with Crippen molar-refractivity contribution in [3.63, 3.8) is 0 Å². The van der Waals surface area contributed by atoms with Gasteiger partial charge in [-0.3, -0.25) is 29.4 Å². The summed E-state index contributed by atoms with van der Waals surface area (Å²) in [5.41, 5.74) is -0.838. The number of hydrogen-bond acceptors (Lipinski definition) is 5. The largest absolute Gasteiger partial charge is 0.303 e. The lowest BCUT2D eigenvalue weighted by atomic mass is 9.85. The number of halogens is 1. The monoisotopic (exact) mass is 417 g/mol. The highest BCUT2D eigenvalue weighted by Gasteiger charge is 2.45. The number of rotatable bonds is 3. The molecule has 1 atom stereocenters. The Hall–Kier alpha value is -2.61. The van der Waals surface area contributed by atoms with Crippen LogP contribution < -0.4 is 5.32 Å². The molecule has 3 aliphatic heterocycles. The van der Waals surface area contributed by atoms with Gasteiger partial charge in [0.2, 0.25) is 11.8 Å². The first-order chi connectivity index (χ1) is 14.3. The maximum absolute atomic E-state index is 15.5. The molecule has 0 aliphatic carbocycles. The molecular formula is C22H28FN3O4. The van der Waals surface area contributed by atoms with E-state index >= 15 is 4.39 Å². The van der Waals surface area contributed by atoms with Gasteiger partial charge in [-0.15, -0.1) is 0 Å². The van der Waals surface area contributed by atoms with Gasteiger partial charge >= 0.3 is 0 Å². The van der Waals surface area contributed by atoms with Crippen molar-refractivity contribution in [2.45, 2.75) is 58.2 Å². The van der Waals surface area contributed by atoms with Crippen molar-refractivity contribution in [1.82, 2.24) is 15.1 Å². The van der Waals surface area contributed by atoms with Gasteiger partial charge in [-0.2, -0.15) is 0 Å². The van der Waals surface area contributed by atoms with E-state index in [1.165, 1.54) is 12.1 Å². The summed E-state index contributed by atoms with van der Waals surface area (Å²) < 4.78 is 15.5. The third kappa shape index (κ3) is 3.76. The summed E-state index contributed by atoms with van der Waals surface area (Å²) >= 11 is 0. The molecule has 4 rings (SSSR count). The van der Waals surface area contributed by atoms with Crippen molar-refractivity contribution in [3.05, 3.63) is 34.9 Å². The van der Waals surface area contributed by atoms with Crippen LogP contribution in [0, 0.1) is 0 Å². The van der Waals surface area contributed by atoms with Crippen molar-refractivity contribution in [2.24, 2.45) is 0 Å². The standard InChI is InChI=1S/C20H22FN3O4.C2H6/c1-2-23-9-7-20(21,8-10-23)12-3-4-13-14(11-12)19(28)24(18(13)27)15-5-6-16(25)22-17(15)26;1-2/h3-4,11,15H,2,5-10H2,1H3,(H,22,25,26);1-2H3. The predicted octanol–water partition coefficient (Wildman–Crippen LogP) is 2.39. The summed E-state index contributed by atoms with van der Waals surface area (Å²) in [6.07, 6.45) is 0.830. The minimum atomic E-state index is -1.54. The summed E-state index contributed by atoms with van der Waals surface area (Å²) in [5.74, 6) is -2.25. The summed E-state index contributed by atoms with van der Waals surface area (Å²) in [4.78, 5) is 52.1. The number of fused-ring (bicyclic) bond motifs is 1. The molecule has 0 spiro atoms. The van der Waals surface area contributed by atoms with Gasteiger partial charge in [-0.05, 0) is 43.5 Å². The van der Waals surface area contributed by atoms with Crippen LogP contribution in [-0.2, 0) is 15.3 Å². The summed E-state index contributed by atoms with van der Waals surface area (Å²) in [6, 6.07) is 3.49. The number of imide groups is 2. The number of carbonyl (C=O) groups is 4. The lowest BCUT2D eigenvalue weighted by molar-refractivity contribution is -0.136. The molecule has 7 nitrogen and oxygen atoms in total. The van der Waals surface area contributed by atoms with Gasteiger partial charge in [-0.25, -0.2) is 4.39 Å². The Morgan fingerprint density at radius 3 is 2.30 bits per heavy atom.